The van der Waals surface area contributed by atoms with Gasteiger partial charge in [0.25, 0.3) is 0 Å². The summed E-state index contributed by atoms with van der Waals surface area (Å²) in [4.78, 5) is 10.7. The number of esters is 1. The molecule has 1 N–H and O–H groups in total. The van der Waals surface area contributed by atoms with Crippen LogP contribution in [-0.4, -0.2) is 35.9 Å². The Labute approximate surface area is 103 Å². The molecule has 0 aromatic carbocycles. The van der Waals surface area contributed by atoms with Crippen LogP contribution < -0.4 is 0 Å². The van der Waals surface area contributed by atoms with E-state index in [4.69, 9.17) is 4.74 Å². The van der Waals surface area contributed by atoms with Gasteiger partial charge in [0, 0.05) is 6.92 Å². The van der Waals surface area contributed by atoms with Crippen LogP contribution >= 0.6 is 0 Å². The third-order valence-corrected chi connectivity index (χ3v) is 2.48. The summed E-state index contributed by atoms with van der Waals surface area (Å²) < 4.78 is 4.98. The number of hydrogen-bond acceptors (Lipinski definition) is 5. The lowest BCUT2D eigenvalue weighted by Crippen LogP contribution is -2.23. The zero-order chi connectivity index (χ0) is 13.3. The predicted molar refractivity (Wildman–Crippen MR) is 65.9 cm³/mol. The van der Waals surface area contributed by atoms with Crippen LogP contribution in [0, 0.1) is 0 Å². The first-order valence-electron chi connectivity index (χ1n) is 6.19. The fourth-order valence-corrected chi connectivity index (χ4v) is 1.26. The third kappa shape index (κ3) is 8.80. The highest BCUT2D eigenvalue weighted by Gasteiger charge is 2.14. The molecule has 0 radical (unpaired) electrons. The molecule has 0 saturated carbocycles. The van der Waals surface area contributed by atoms with E-state index in [2.05, 4.69) is 17.2 Å². The fraction of sp³-hybridized carbons (Fsp3) is 0.917. The van der Waals surface area contributed by atoms with Gasteiger partial charge in [-0.3, -0.25) is 4.79 Å². The molecule has 0 heterocycles. The van der Waals surface area contributed by atoms with Crippen LogP contribution in [-0.2, 0) is 9.53 Å². The predicted octanol–water partition coefficient (Wildman–Crippen LogP) is 2.33. The van der Waals surface area contributed by atoms with E-state index < -0.39 is 6.10 Å². The second-order valence-corrected chi connectivity index (χ2v) is 4.29. The molecule has 0 aromatic heterocycles. The maximum Gasteiger partial charge on any atom is 0.302 e. The van der Waals surface area contributed by atoms with Gasteiger partial charge in [0.15, 0.2) is 0 Å². The molecule has 0 rings (SSSR count). The van der Waals surface area contributed by atoms with Gasteiger partial charge in [-0.05, 0) is 20.3 Å². The minimum absolute atomic E-state index is 0.183. The van der Waals surface area contributed by atoms with Crippen LogP contribution in [0.15, 0.2) is 10.2 Å². The number of carbonyl (C=O) groups excluding carboxylic acids is 1. The molecule has 1 unspecified atom stereocenters. The van der Waals surface area contributed by atoms with Gasteiger partial charge in [-0.2, -0.15) is 10.2 Å². The molecule has 5 nitrogen and oxygen atoms in total. The van der Waals surface area contributed by atoms with E-state index in [-0.39, 0.29) is 18.1 Å². The Morgan fingerprint density at radius 2 is 2.06 bits per heavy atom. The van der Waals surface area contributed by atoms with E-state index >= 15 is 0 Å². The molecule has 0 amide bonds. The summed E-state index contributed by atoms with van der Waals surface area (Å²) in [7, 11) is 0. The van der Waals surface area contributed by atoms with Crippen molar-refractivity contribution >= 4 is 5.97 Å². The quantitative estimate of drug-likeness (QED) is 0.526. The van der Waals surface area contributed by atoms with Crippen molar-refractivity contribution in [2.24, 2.45) is 10.2 Å². The van der Waals surface area contributed by atoms with Crippen LogP contribution in [0.4, 0.5) is 0 Å². The molecule has 5 heteroatoms. The first kappa shape index (κ1) is 16.0. The van der Waals surface area contributed by atoms with Gasteiger partial charge < -0.3 is 9.84 Å². The highest BCUT2D eigenvalue weighted by molar-refractivity contribution is 5.66. The molecule has 0 fully saturated rings. The van der Waals surface area contributed by atoms with Crippen molar-refractivity contribution in [1.29, 1.82) is 0 Å². The summed E-state index contributed by atoms with van der Waals surface area (Å²) in [6.45, 7) is 7.37. The van der Waals surface area contributed by atoms with Crippen LogP contribution in [0.25, 0.3) is 0 Å². The minimum atomic E-state index is -0.421. The number of azo groups is 1. The van der Waals surface area contributed by atoms with Crippen LogP contribution in [0.3, 0.4) is 0 Å². The molecular weight excluding hydrogens is 220 g/mol. The molecule has 0 aliphatic rings. The van der Waals surface area contributed by atoms with Gasteiger partial charge in [0.1, 0.15) is 12.1 Å². The maximum absolute atomic E-state index is 10.7. The second-order valence-electron chi connectivity index (χ2n) is 4.29. The van der Waals surface area contributed by atoms with Crippen molar-refractivity contribution in [3.05, 3.63) is 0 Å². The van der Waals surface area contributed by atoms with Crippen molar-refractivity contribution in [2.45, 2.75) is 65.2 Å². The number of aliphatic hydroxyl groups is 1. The zero-order valence-corrected chi connectivity index (χ0v) is 11.2. The summed E-state index contributed by atoms with van der Waals surface area (Å²) in [6, 6.07) is -0.183. The van der Waals surface area contributed by atoms with E-state index in [0.717, 1.165) is 19.3 Å². The molecule has 0 aliphatic carbocycles. The van der Waals surface area contributed by atoms with E-state index in [1.165, 1.54) is 6.92 Å². The SMILES string of the molecule is CCCCC(O)CN=N[C@H](C)[C@H](C)OC(C)=O. The molecule has 0 aliphatic heterocycles. The Hall–Kier alpha value is -0.970. The van der Waals surface area contributed by atoms with Gasteiger partial charge in [-0.15, -0.1) is 0 Å². The van der Waals surface area contributed by atoms with Gasteiger partial charge in [-0.1, -0.05) is 19.8 Å². The van der Waals surface area contributed by atoms with Crippen LogP contribution in [0.2, 0.25) is 0 Å². The Morgan fingerprint density at radius 1 is 1.41 bits per heavy atom. The van der Waals surface area contributed by atoms with E-state index in [0.29, 0.717) is 6.54 Å². The maximum atomic E-state index is 10.7. The molecule has 0 bridgehead atoms. The van der Waals surface area contributed by atoms with Crippen molar-refractivity contribution < 1.29 is 14.6 Å². The van der Waals surface area contributed by atoms with Crippen LogP contribution in [0.5, 0.6) is 0 Å². The average Bonchev–Trinajstić information content (AvgIpc) is 2.25. The summed E-state index contributed by atoms with van der Waals surface area (Å²) >= 11 is 0. The smallest absolute Gasteiger partial charge is 0.302 e. The lowest BCUT2D eigenvalue weighted by atomic mass is 10.2. The number of rotatable bonds is 8. The zero-order valence-electron chi connectivity index (χ0n) is 11.2. The monoisotopic (exact) mass is 244 g/mol. The van der Waals surface area contributed by atoms with Crippen molar-refractivity contribution in [3.63, 3.8) is 0 Å². The molecule has 17 heavy (non-hydrogen) atoms. The number of nitrogens with zero attached hydrogens (tertiary/aromatic N) is 2. The Kier molecular flexibility index (Phi) is 8.58. The first-order chi connectivity index (χ1) is 7.97. The molecule has 0 saturated heterocycles. The number of hydrogen-bond donors (Lipinski definition) is 1. The standard InChI is InChI=1S/C12H24N2O3/c1-5-6-7-12(16)8-13-14-9(2)10(3)17-11(4)15/h9-10,12,16H,5-8H2,1-4H3/t9-,10+,12?/m1/s1. The average molecular weight is 244 g/mol. The largest absolute Gasteiger partial charge is 0.461 e. The molecular formula is C12H24N2O3. The number of ether oxygens (including phenoxy) is 1. The van der Waals surface area contributed by atoms with Crippen molar-refractivity contribution in [3.8, 4) is 0 Å². The third-order valence-electron chi connectivity index (χ3n) is 2.48. The summed E-state index contributed by atoms with van der Waals surface area (Å²) in [5.41, 5.74) is 0. The molecule has 0 spiro atoms. The Balaban J connectivity index is 3.86. The van der Waals surface area contributed by atoms with Gasteiger partial charge >= 0.3 is 5.97 Å². The van der Waals surface area contributed by atoms with E-state index in [1.807, 2.05) is 6.92 Å². The highest BCUT2D eigenvalue weighted by Crippen LogP contribution is 2.05. The Morgan fingerprint density at radius 3 is 2.59 bits per heavy atom. The summed E-state index contributed by atoms with van der Waals surface area (Å²) in [6.07, 6.45) is 2.10. The van der Waals surface area contributed by atoms with Gasteiger partial charge in [0.2, 0.25) is 0 Å². The Bertz CT molecular complexity index is 244. The fourth-order valence-electron chi connectivity index (χ4n) is 1.26. The lowest BCUT2D eigenvalue weighted by Gasteiger charge is -2.15. The topological polar surface area (TPSA) is 71.2 Å². The summed E-state index contributed by atoms with van der Waals surface area (Å²) in [5.74, 6) is -0.317. The molecule has 0 aromatic rings. The van der Waals surface area contributed by atoms with Crippen molar-refractivity contribution in [1.82, 2.24) is 0 Å². The normalized spacial score (nSPS) is 16.8. The second kappa shape index (κ2) is 9.10. The molecule has 100 valence electrons. The lowest BCUT2D eigenvalue weighted by molar-refractivity contribution is -0.146. The molecule has 3 atom stereocenters. The number of aliphatic hydroxyl groups excluding tert-OH is 1. The van der Waals surface area contributed by atoms with Gasteiger partial charge in [-0.25, -0.2) is 0 Å². The first-order valence-corrected chi connectivity index (χ1v) is 6.19. The number of unbranched alkanes of at least 4 members (excludes halogenated alkanes) is 1. The minimum Gasteiger partial charge on any atom is -0.461 e. The highest BCUT2D eigenvalue weighted by atomic mass is 16.5. The van der Waals surface area contributed by atoms with Gasteiger partial charge in [0.05, 0.1) is 12.6 Å². The van der Waals surface area contributed by atoms with E-state index in [9.17, 15) is 9.90 Å². The summed E-state index contributed by atoms with van der Waals surface area (Å²) in [5, 5.41) is 17.5. The number of carbonyl (C=O) groups is 1. The van der Waals surface area contributed by atoms with Crippen LogP contribution in [0.1, 0.15) is 47.0 Å². The van der Waals surface area contributed by atoms with Crippen molar-refractivity contribution in [2.75, 3.05) is 6.54 Å². The van der Waals surface area contributed by atoms with E-state index in [1.54, 1.807) is 6.92 Å².